The number of rotatable bonds is 5. The Hall–Kier alpha value is -3.28. The summed E-state index contributed by atoms with van der Waals surface area (Å²) in [7, 11) is 1.61. The van der Waals surface area contributed by atoms with Crippen LogP contribution in [0.1, 0.15) is 22.8 Å². The number of benzene rings is 2. The van der Waals surface area contributed by atoms with Crippen molar-refractivity contribution >= 4 is 39.1 Å². The standard InChI is InChI=1S/C20H18N4O3S/c1-13(25)22-16-7-8-17-18(11-16)28-20(24(17)9-10-27-2)23-19(26)15-5-3-14(12-21)4-6-15/h3-8,11H,9-10H2,1-2H3,(H,22,25). The number of carbonyl (C=O) groups is 2. The number of nitriles is 1. The first kappa shape index (κ1) is 19.5. The van der Waals surface area contributed by atoms with E-state index in [1.54, 1.807) is 31.4 Å². The predicted octanol–water partition coefficient (Wildman–Crippen LogP) is 2.92. The van der Waals surface area contributed by atoms with Gasteiger partial charge in [0.25, 0.3) is 5.91 Å². The van der Waals surface area contributed by atoms with Gasteiger partial charge in [0.2, 0.25) is 5.91 Å². The highest BCUT2D eigenvalue weighted by Crippen LogP contribution is 2.22. The maximum absolute atomic E-state index is 12.6. The lowest BCUT2D eigenvalue weighted by atomic mass is 10.1. The number of amides is 2. The molecule has 2 amide bonds. The third-order valence-corrected chi connectivity index (χ3v) is 5.02. The molecule has 1 aromatic heterocycles. The van der Waals surface area contributed by atoms with Crippen molar-refractivity contribution in [2.45, 2.75) is 13.5 Å². The van der Waals surface area contributed by atoms with Crippen LogP contribution in [0, 0.1) is 11.3 Å². The summed E-state index contributed by atoms with van der Waals surface area (Å²) in [6.07, 6.45) is 0. The van der Waals surface area contributed by atoms with Gasteiger partial charge in [0.15, 0.2) is 4.80 Å². The number of carbonyl (C=O) groups excluding carboxylic acids is 2. The fraction of sp³-hybridized carbons (Fsp3) is 0.200. The first-order valence-corrected chi connectivity index (χ1v) is 9.32. The molecule has 3 aromatic rings. The molecule has 0 saturated heterocycles. The van der Waals surface area contributed by atoms with Gasteiger partial charge in [0.1, 0.15) is 0 Å². The zero-order chi connectivity index (χ0) is 20.1. The SMILES string of the molecule is COCCn1c(=NC(=O)c2ccc(C#N)cc2)sc2cc(NC(C)=O)ccc21. The lowest BCUT2D eigenvalue weighted by Crippen LogP contribution is -2.19. The van der Waals surface area contributed by atoms with E-state index in [9.17, 15) is 9.59 Å². The van der Waals surface area contributed by atoms with Crippen LogP contribution in [0.2, 0.25) is 0 Å². The summed E-state index contributed by atoms with van der Waals surface area (Å²) in [5.41, 5.74) is 2.49. The normalized spacial score (nSPS) is 11.4. The Morgan fingerprint density at radius 1 is 1.25 bits per heavy atom. The molecule has 0 fully saturated rings. The maximum Gasteiger partial charge on any atom is 0.279 e. The van der Waals surface area contributed by atoms with Crippen molar-refractivity contribution in [2.24, 2.45) is 4.99 Å². The highest BCUT2D eigenvalue weighted by Gasteiger charge is 2.10. The van der Waals surface area contributed by atoms with Crippen LogP contribution in [0.25, 0.3) is 10.2 Å². The van der Waals surface area contributed by atoms with Crippen LogP contribution in [0.4, 0.5) is 5.69 Å². The van der Waals surface area contributed by atoms with Crippen molar-refractivity contribution in [3.8, 4) is 6.07 Å². The van der Waals surface area contributed by atoms with Crippen molar-refractivity contribution in [1.29, 1.82) is 5.26 Å². The van der Waals surface area contributed by atoms with Gasteiger partial charge >= 0.3 is 0 Å². The number of anilines is 1. The second-order valence-corrected chi connectivity index (χ2v) is 7.01. The fourth-order valence-electron chi connectivity index (χ4n) is 2.68. The molecule has 0 bridgehead atoms. The molecule has 7 nitrogen and oxygen atoms in total. The Morgan fingerprint density at radius 2 is 2.00 bits per heavy atom. The summed E-state index contributed by atoms with van der Waals surface area (Å²) >= 11 is 1.36. The summed E-state index contributed by atoms with van der Waals surface area (Å²) in [6, 6.07) is 13.9. The third kappa shape index (κ3) is 4.34. The molecule has 3 rings (SSSR count). The van der Waals surface area contributed by atoms with Crippen LogP contribution in [0.3, 0.4) is 0 Å². The zero-order valence-electron chi connectivity index (χ0n) is 15.4. The van der Waals surface area contributed by atoms with E-state index in [1.165, 1.54) is 18.3 Å². The molecule has 1 heterocycles. The van der Waals surface area contributed by atoms with Crippen LogP contribution in [-0.4, -0.2) is 30.1 Å². The maximum atomic E-state index is 12.6. The number of thiazole rings is 1. The Balaban J connectivity index is 2.06. The number of methoxy groups -OCH3 is 1. The lowest BCUT2D eigenvalue weighted by molar-refractivity contribution is -0.114. The molecule has 0 aliphatic heterocycles. The molecule has 0 aliphatic rings. The molecular formula is C20H18N4O3S. The lowest BCUT2D eigenvalue weighted by Gasteiger charge is -2.05. The molecule has 1 N–H and O–H groups in total. The van der Waals surface area contributed by atoms with Gasteiger partial charge in [-0.3, -0.25) is 9.59 Å². The number of hydrogen-bond acceptors (Lipinski definition) is 5. The first-order chi connectivity index (χ1) is 13.5. The van der Waals surface area contributed by atoms with Crippen LogP contribution >= 0.6 is 11.3 Å². The minimum absolute atomic E-state index is 0.149. The second-order valence-electron chi connectivity index (χ2n) is 6.00. The number of nitrogens with one attached hydrogen (secondary N) is 1. The van der Waals surface area contributed by atoms with Gasteiger partial charge in [-0.25, -0.2) is 0 Å². The van der Waals surface area contributed by atoms with Crippen LogP contribution < -0.4 is 10.1 Å². The molecule has 142 valence electrons. The van der Waals surface area contributed by atoms with Gasteiger partial charge in [0.05, 0.1) is 28.5 Å². The molecule has 8 heteroatoms. The number of nitrogens with zero attached hydrogens (tertiary/aromatic N) is 3. The molecular weight excluding hydrogens is 376 g/mol. The molecule has 0 aliphatic carbocycles. The van der Waals surface area contributed by atoms with Gasteiger partial charge in [-0.2, -0.15) is 10.3 Å². The summed E-state index contributed by atoms with van der Waals surface area (Å²) in [4.78, 5) is 28.7. The number of ether oxygens (including phenoxy) is 1. The quantitative estimate of drug-likeness (QED) is 0.720. The Bertz CT molecular complexity index is 1140. The van der Waals surface area contributed by atoms with Crippen molar-refractivity contribution in [2.75, 3.05) is 19.0 Å². The molecule has 28 heavy (non-hydrogen) atoms. The van der Waals surface area contributed by atoms with Crippen LogP contribution in [0.15, 0.2) is 47.5 Å². The van der Waals surface area contributed by atoms with E-state index in [4.69, 9.17) is 10.00 Å². The molecule has 0 saturated carbocycles. The minimum atomic E-state index is -0.385. The van der Waals surface area contributed by atoms with Crippen LogP contribution in [0.5, 0.6) is 0 Å². The van der Waals surface area contributed by atoms with E-state index in [-0.39, 0.29) is 11.8 Å². The summed E-state index contributed by atoms with van der Waals surface area (Å²) < 4.78 is 8.00. The highest BCUT2D eigenvalue weighted by atomic mass is 32.1. The van der Waals surface area contributed by atoms with E-state index < -0.39 is 0 Å². The van der Waals surface area contributed by atoms with Crippen molar-refractivity contribution in [3.63, 3.8) is 0 Å². The van der Waals surface area contributed by atoms with Gasteiger partial charge in [0, 0.05) is 31.8 Å². The molecule has 0 unspecified atom stereocenters. The molecule has 0 atom stereocenters. The molecule has 0 spiro atoms. The highest BCUT2D eigenvalue weighted by molar-refractivity contribution is 7.16. The van der Waals surface area contributed by atoms with Crippen LogP contribution in [-0.2, 0) is 16.1 Å². The van der Waals surface area contributed by atoms with Gasteiger partial charge in [-0.05, 0) is 42.5 Å². The monoisotopic (exact) mass is 394 g/mol. The van der Waals surface area contributed by atoms with E-state index in [0.29, 0.717) is 34.8 Å². The van der Waals surface area contributed by atoms with Gasteiger partial charge in [-0.1, -0.05) is 11.3 Å². The van der Waals surface area contributed by atoms with E-state index in [2.05, 4.69) is 10.3 Å². The number of aromatic nitrogens is 1. The zero-order valence-corrected chi connectivity index (χ0v) is 16.2. The topological polar surface area (TPSA) is 96.5 Å². The average molecular weight is 394 g/mol. The largest absolute Gasteiger partial charge is 0.383 e. The minimum Gasteiger partial charge on any atom is -0.383 e. The Morgan fingerprint density at radius 3 is 2.64 bits per heavy atom. The van der Waals surface area contributed by atoms with Gasteiger partial charge < -0.3 is 14.6 Å². The predicted molar refractivity (Wildman–Crippen MR) is 107 cm³/mol. The first-order valence-electron chi connectivity index (χ1n) is 8.51. The van der Waals surface area contributed by atoms with Gasteiger partial charge in [-0.15, -0.1) is 0 Å². The Labute approximate surface area is 165 Å². The van der Waals surface area contributed by atoms with E-state index in [1.807, 2.05) is 28.8 Å². The number of fused-ring (bicyclic) bond motifs is 1. The summed E-state index contributed by atoms with van der Waals surface area (Å²) in [6.45, 7) is 2.46. The molecule has 0 radical (unpaired) electrons. The van der Waals surface area contributed by atoms with E-state index >= 15 is 0 Å². The van der Waals surface area contributed by atoms with Crippen molar-refractivity contribution in [3.05, 3.63) is 58.4 Å². The average Bonchev–Trinajstić information content (AvgIpc) is 3.02. The van der Waals surface area contributed by atoms with Crippen molar-refractivity contribution < 1.29 is 14.3 Å². The van der Waals surface area contributed by atoms with Crippen molar-refractivity contribution in [1.82, 2.24) is 4.57 Å². The summed E-state index contributed by atoms with van der Waals surface area (Å²) in [5, 5.41) is 11.6. The third-order valence-electron chi connectivity index (χ3n) is 3.98. The fourth-order valence-corrected chi connectivity index (χ4v) is 3.77. The summed E-state index contributed by atoms with van der Waals surface area (Å²) in [5.74, 6) is -0.534. The Kier molecular flexibility index (Phi) is 5.99. The number of hydrogen-bond donors (Lipinski definition) is 1. The van der Waals surface area contributed by atoms with E-state index in [0.717, 1.165) is 10.2 Å². The second kappa shape index (κ2) is 8.61. The molecule has 2 aromatic carbocycles. The smallest absolute Gasteiger partial charge is 0.279 e.